The van der Waals surface area contributed by atoms with Gasteiger partial charge < -0.3 is 14.9 Å². The molecule has 1 aromatic carbocycles. The fourth-order valence-electron chi connectivity index (χ4n) is 1.14. The number of hydrogen-bond acceptors (Lipinski definition) is 4. The van der Waals surface area contributed by atoms with Crippen molar-refractivity contribution in [1.82, 2.24) is 0 Å². The van der Waals surface area contributed by atoms with Crippen molar-refractivity contribution in [2.24, 2.45) is 0 Å². The Morgan fingerprint density at radius 1 is 1.42 bits per heavy atom. The molecule has 0 bridgehead atoms. The summed E-state index contributed by atoms with van der Waals surface area (Å²) in [7, 11) is 0. The highest BCUT2D eigenvalue weighted by molar-refractivity contribution is 6.04. The number of aliphatic hydroxyl groups excluding tert-OH is 1. The molecule has 1 aliphatic heterocycles. The molecule has 12 heavy (non-hydrogen) atoms. The summed E-state index contributed by atoms with van der Waals surface area (Å²) in [5.41, 5.74) is 0.225. The van der Waals surface area contributed by atoms with Gasteiger partial charge in [-0.1, -0.05) is 6.07 Å². The lowest BCUT2D eigenvalue weighted by atomic mass is 10.1. The second-order valence-electron chi connectivity index (χ2n) is 2.49. The van der Waals surface area contributed by atoms with Crippen LogP contribution in [-0.4, -0.2) is 22.3 Å². The number of ether oxygens (including phenoxy) is 1. The summed E-state index contributed by atoms with van der Waals surface area (Å²) < 4.78 is 4.71. The molecule has 0 saturated heterocycles. The van der Waals surface area contributed by atoms with E-state index in [9.17, 15) is 9.90 Å². The van der Waals surface area contributed by atoms with Crippen LogP contribution in [0.3, 0.4) is 0 Å². The highest BCUT2D eigenvalue weighted by Gasteiger charge is 2.32. The Morgan fingerprint density at radius 2 is 2.17 bits per heavy atom. The molecule has 1 aromatic rings. The van der Waals surface area contributed by atoms with Gasteiger partial charge in [-0.2, -0.15) is 0 Å². The normalized spacial score (nSPS) is 20.4. The van der Waals surface area contributed by atoms with Crippen LogP contribution >= 0.6 is 0 Å². The number of aromatic hydroxyl groups is 1. The van der Waals surface area contributed by atoms with Crippen LogP contribution in [-0.2, 0) is 0 Å². The van der Waals surface area contributed by atoms with Crippen LogP contribution in [0, 0.1) is 0 Å². The summed E-state index contributed by atoms with van der Waals surface area (Å²) in [4.78, 5) is 11.1. The summed E-state index contributed by atoms with van der Waals surface area (Å²) >= 11 is 0. The van der Waals surface area contributed by atoms with Gasteiger partial charge in [-0.05, 0) is 12.1 Å². The molecule has 2 N–H and O–H groups in total. The lowest BCUT2D eigenvalue weighted by molar-refractivity contribution is 0.00768. The Morgan fingerprint density at radius 3 is 2.83 bits per heavy atom. The molecule has 0 radical (unpaired) electrons. The molecule has 1 aliphatic rings. The third-order valence-corrected chi connectivity index (χ3v) is 1.71. The van der Waals surface area contributed by atoms with E-state index in [4.69, 9.17) is 9.84 Å². The summed E-state index contributed by atoms with van der Waals surface area (Å²) in [6.45, 7) is 0. The molecule has 0 amide bonds. The number of hydrogen-bond donors (Lipinski definition) is 2. The minimum Gasteiger partial charge on any atom is -0.504 e. The number of rotatable bonds is 0. The molecule has 0 saturated carbocycles. The Kier molecular flexibility index (Phi) is 1.31. The molecule has 1 unspecified atom stereocenters. The van der Waals surface area contributed by atoms with Gasteiger partial charge >= 0.3 is 0 Å². The number of carbonyl (C=O) groups excluding carboxylic acids is 1. The number of phenols is 1. The van der Waals surface area contributed by atoms with E-state index in [1.54, 1.807) is 0 Å². The Hall–Kier alpha value is -1.55. The second kappa shape index (κ2) is 2.22. The van der Waals surface area contributed by atoms with E-state index in [0.717, 1.165) is 0 Å². The van der Waals surface area contributed by atoms with Crippen molar-refractivity contribution >= 4 is 5.78 Å². The number of phenolic OH excluding ortho intramolecular Hbond substituents is 1. The standard InChI is InChI=1S/C8H6O4/c9-5-3-1-2-4-6(10)8(11)12-7(4)5/h1-3,8-9,11H. The van der Waals surface area contributed by atoms with Crippen LogP contribution in [0.25, 0.3) is 0 Å². The van der Waals surface area contributed by atoms with Crippen molar-refractivity contribution in [3.63, 3.8) is 0 Å². The van der Waals surface area contributed by atoms with E-state index in [1.165, 1.54) is 18.2 Å². The molecule has 0 spiro atoms. The van der Waals surface area contributed by atoms with Crippen molar-refractivity contribution in [3.8, 4) is 11.5 Å². The maximum absolute atomic E-state index is 11.1. The van der Waals surface area contributed by atoms with Gasteiger partial charge in [-0.3, -0.25) is 4.79 Å². The van der Waals surface area contributed by atoms with Gasteiger partial charge in [0.2, 0.25) is 5.78 Å². The molecule has 1 heterocycles. The van der Waals surface area contributed by atoms with Gasteiger partial charge in [0.15, 0.2) is 11.5 Å². The quantitative estimate of drug-likeness (QED) is 0.581. The van der Waals surface area contributed by atoms with E-state index < -0.39 is 12.1 Å². The number of Topliss-reactive ketones (excluding diaryl/α,β-unsaturated/α-hetero) is 1. The molecule has 0 aromatic heterocycles. The molecule has 0 aliphatic carbocycles. The summed E-state index contributed by atoms with van der Waals surface area (Å²) in [6, 6.07) is 4.41. The summed E-state index contributed by atoms with van der Waals surface area (Å²) in [5, 5.41) is 18.1. The topological polar surface area (TPSA) is 66.8 Å². The first-order chi connectivity index (χ1) is 5.70. The first-order valence-electron chi connectivity index (χ1n) is 3.41. The molecule has 62 valence electrons. The third kappa shape index (κ3) is 0.785. The maximum atomic E-state index is 11.1. The van der Waals surface area contributed by atoms with Crippen molar-refractivity contribution in [2.75, 3.05) is 0 Å². The number of benzene rings is 1. The van der Waals surface area contributed by atoms with E-state index in [0.29, 0.717) is 0 Å². The Balaban J connectivity index is 2.61. The average Bonchev–Trinajstić information content (AvgIpc) is 2.32. The molecule has 0 fully saturated rings. The van der Waals surface area contributed by atoms with Crippen LogP contribution in [0.1, 0.15) is 10.4 Å². The summed E-state index contributed by atoms with van der Waals surface area (Å²) in [6.07, 6.45) is -1.46. The molecular weight excluding hydrogens is 160 g/mol. The van der Waals surface area contributed by atoms with Gasteiger partial charge in [0.25, 0.3) is 6.29 Å². The number of ketones is 1. The van der Waals surface area contributed by atoms with Gasteiger partial charge in [-0.15, -0.1) is 0 Å². The van der Waals surface area contributed by atoms with E-state index in [-0.39, 0.29) is 17.1 Å². The predicted octanol–water partition coefficient (Wildman–Crippen LogP) is 0.286. The number of aliphatic hydroxyl groups is 1. The van der Waals surface area contributed by atoms with Gasteiger partial charge in [0, 0.05) is 0 Å². The molecular formula is C8H6O4. The molecule has 4 nitrogen and oxygen atoms in total. The van der Waals surface area contributed by atoms with E-state index >= 15 is 0 Å². The monoisotopic (exact) mass is 166 g/mol. The number of carbonyl (C=O) groups is 1. The van der Waals surface area contributed by atoms with Crippen LogP contribution in [0.2, 0.25) is 0 Å². The SMILES string of the molecule is O=C1c2cccc(O)c2OC1O. The van der Waals surface area contributed by atoms with Gasteiger partial charge in [-0.25, -0.2) is 0 Å². The van der Waals surface area contributed by atoms with Crippen molar-refractivity contribution in [2.45, 2.75) is 6.29 Å². The Bertz CT molecular complexity index is 345. The van der Waals surface area contributed by atoms with Crippen LogP contribution < -0.4 is 4.74 Å². The molecule has 2 rings (SSSR count). The zero-order valence-corrected chi connectivity index (χ0v) is 6.02. The zero-order valence-electron chi connectivity index (χ0n) is 6.02. The number of fused-ring (bicyclic) bond motifs is 1. The first-order valence-corrected chi connectivity index (χ1v) is 3.41. The van der Waals surface area contributed by atoms with Gasteiger partial charge in [0.1, 0.15) is 0 Å². The minimum absolute atomic E-state index is 0.0648. The minimum atomic E-state index is -1.46. The molecule has 1 atom stereocenters. The predicted molar refractivity (Wildman–Crippen MR) is 39.1 cm³/mol. The van der Waals surface area contributed by atoms with Gasteiger partial charge in [0.05, 0.1) is 5.56 Å². The van der Waals surface area contributed by atoms with Crippen LogP contribution in [0.15, 0.2) is 18.2 Å². The van der Waals surface area contributed by atoms with Crippen LogP contribution in [0.5, 0.6) is 11.5 Å². The highest BCUT2D eigenvalue weighted by Crippen LogP contribution is 2.35. The van der Waals surface area contributed by atoms with Crippen molar-refractivity contribution < 1.29 is 19.7 Å². The molecule has 4 heteroatoms. The number of para-hydroxylation sites is 1. The largest absolute Gasteiger partial charge is 0.504 e. The van der Waals surface area contributed by atoms with Crippen molar-refractivity contribution in [3.05, 3.63) is 23.8 Å². The van der Waals surface area contributed by atoms with E-state index in [2.05, 4.69) is 0 Å². The second-order valence-corrected chi connectivity index (χ2v) is 2.49. The van der Waals surface area contributed by atoms with Crippen molar-refractivity contribution in [1.29, 1.82) is 0 Å². The zero-order chi connectivity index (χ0) is 8.72. The van der Waals surface area contributed by atoms with E-state index in [1.807, 2.05) is 0 Å². The maximum Gasteiger partial charge on any atom is 0.262 e. The summed E-state index contributed by atoms with van der Waals surface area (Å²) in [5.74, 6) is -0.576. The third-order valence-electron chi connectivity index (χ3n) is 1.71. The lowest BCUT2D eigenvalue weighted by Crippen LogP contribution is -2.18. The first kappa shape index (κ1) is 7.12. The Labute approximate surface area is 68.0 Å². The van der Waals surface area contributed by atoms with Crippen LogP contribution in [0.4, 0.5) is 0 Å². The smallest absolute Gasteiger partial charge is 0.262 e. The fourth-order valence-corrected chi connectivity index (χ4v) is 1.14. The highest BCUT2D eigenvalue weighted by atomic mass is 16.6. The fraction of sp³-hybridized carbons (Fsp3) is 0.125. The lowest BCUT2D eigenvalue weighted by Gasteiger charge is -2.00. The average molecular weight is 166 g/mol.